The fourth-order valence-corrected chi connectivity index (χ4v) is 3.00. The van der Waals surface area contributed by atoms with Gasteiger partial charge in [0.05, 0.1) is 5.56 Å². The molecule has 0 aromatic carbocycles. The van der Waals surface area contributed by atoms with Gasteiger partial charge in [-0.2, -0.15) is 13.2 Å². The summed E-state index contributed by atoms with van der Waals surface area (Å²) < 4.78 is 50.0. The Hall–Kier alpha value is -2.07. The van der Waals surface area contributed by atoms with Crippen molar-refractivity contribution in [2.24, 2.45) is 10.9 Å². The molecule has 0 saturated carbocycles. The Bertz CT molecular complexity index is 637. The summed E-state index contributed by atoms with van der Waals surface area (Å²) in [7, 11) is 0. The first-order valence-corrected chi connectivity index (χ1v) is 10.4. The lowest BCUT2D eigenvalue weighted by atomic mass is 10.0. The lowest BCUT2D eigenvalue weighted by Crippen LogP contribution is -2.39. The Morgan fingerprint density at radius 2 is 2.07 bits per heavy atom. The maximum atomic E-state index is 13.0. The summed E-state index contributed by atoms with van der Waals surface area (Å²) in [5, 5.41) is 8.95. The van der Waals surface area contributed by atoms with Gasteiger partial charge in [0.25, 0.3) is 0 Å². The molecule has 0 unspecified atom stereocenters. The molecule has 170 valence electrons. The topological polar surface area (TPSA) is 79.8 Å². The fourth-order valence-electron chi connectivity index (χ4n) is 3.00. The van der Waals surface area contributed by atoms with Crippen molar-refractivity contribution in [3.63, 3.8) is 0 Å². The molecule has 3 N–H and O–H groups in total. The van der Waals surface area contributed by atoms with Gasteiger partial charge in [-0.25, -0.2) is 4.98 Å². The molecule has 30 heavy (non-hydrogen) atoms. The van der Waals surface area contributed by atoms with Crippen LogP contribution in [0.15, 0.2) is 23.3 Å². The maximum Gasteiger partial charge on any atom is 0.419 e. The molecular weight excluding hydrogens is 399 g/mol. The standard InChI is InChI=1S/C20H32F3N5O2/c1-2-24-19(27-9-4-12-30-15-16-6-13-29-14-7-16)28-11-10-26-18-17(20(21,22)23)5-3-8-25-18/h3,5,8,16H,2,4,6-7,9-15H2,1H3,(H,25,26)(H2,24,27,28). The quantitative estimate of drug-likeness (QED) is 0.284. The third-order valence-corrected chi connectivity index (χ3v) is 4.58. The number of hydrogen-bond donors (Lipinski definition) is 3. The Kier molecular flexibility index (Phi) is 10.7. The number of alkyl halides is 3. The number of hydrogen-bond acceptors (Lipinski definition) is 5. The molecule has 1 saturated heterocycles. The van der Waals surface area contributed by atoms with E-state index < -0.39 is 11.7 Å². The highest BCUT2D eigenvalue weighted by Gasteiger charge is 2.33. The van der Waals surface area contributed by atoms with Gasteiger partial charge in [0, 0.05) is 58.8 Å². The van der Waals surface area contributed by atoms with E-state index >= 15 is 0 Å². The second-order valence-electron chi connectivity index (χ2n) is 7.00. The number of pyridine rings is 1. The summed E-state index contributed by atoms with van der Waals surface area (Å²) in [5.74, 6) is 1.04. The summed E-state index contributed by atoms with van der Waals surface area (Å²) in [6.45, 7) is 7.00. The van der Waals surface area contributed by atoms with Crippen LogP contribution in [-0.2, 0) is 15.7 Å². The maximum absolute atomic E-state index is 13.0. The van der Waals surface area contributed by atoms with E-state index in [1.807, 2.05) is 6.92 Å². The Morgan fingerprint density at radius 3 is 2.80 bits per heavy atom. The van der Waals surface area contributed by atoms with Crippen LogP contribution in [-0.4, -0.2) is 63.6 Å². The van der Waals surface area contributed by atoms with E-state index in [0.717, 1.165) is 45.1 Å². The van der Waals surface area contributed by atoms with Gasteiger partial charge in [-0.15, -0.1) is 0 Å². The average molecular weight is 432 g/mol. The van der Waals surface area contributed by atoms with Crippen molar-refractivity contribution in [1.82, 2.24) is 15.6 Å². The van der Waals surface area contributed by atoms with Crippen LogP contribution >= 0.6 is 0 Å². The Morgan fingerprint density at radius 1 is 1.27 bits per heavy atom. The molecule has 0 aliphatic carbocycles. The number of ether oxygens (including phenoxy) is 2. The highest BCUT2D eigenvalue weighted by molar-refractivity contribution is 5.79. The van der Waals surface area contributed by atoms with Gasteiger partial charge in [-0.05, 0) is 44.2 Å². The summed E-state index contributed by atoms with van der Waals surface area (Å²) in [5.41, 5.74) is -0.772. The van der Waals surface area contributed by atoms with Crippen LogP contribution < -0.4 is 16.0 Å². The van der Waals surface area contributed by atoms with Crippen molar-refractivity contribution in [1.29, 1.82) is 0 Å². The van der Waals surface area contributed by atoms with Gasteiger partial charge < -0.3 is 25.4 Å². The molecule has 1 aliphatic heterocycles. The molecule has 1 aromatic heterocycles. The minimum Gasteiger partial charge on any atom is -0.381 e. The molecule has 0 radical (unpaired) electrons. The lowest BCUT2D eigenvalue weighted by molar-refractivity contribution is -0.137. The number of rotatable bonds is 11. The SMILES string of the molecule is CCNC(=NCCCOCC1CCOCC1)NCCNc1ncccc1C(F)(F)F. The highest BCUT2D eigenvalue weighted by atomic mass is 19.4. The summed E-state index contributed by atoms with van der Waals surface area (Å²) in [6.07, 6.45) is -0.178. The van der Waals surface area contributed by atoms with Gasteiger partial charge in [-0.1, -0.05) is 0 Å². The van der Waals surface area contributed by atoms with Crippen LogP contribution in [0.5, 0.6) is 0 Å². The van der Waals surface area contributed by atoms with Crippen LogP contribution in [0, 0.1) is 5.92 Å². The predicted octanol–water partition coefficient (Wildman–Crippen LogP) is 2.90. The summed E-state index contributed by atoms with van der Waals surface area (Å²) in [4.78, 5) is 8.25. The number of aromatic nitrogens is 1. The van der Waals surface area contributed by atoms with E-state index in [9.17, 15) is 13.2 Å². The molecule has 0 spiro atoms. The lowest BCUT2D eigenvalue weighted by Gasteiger charge is -2.21. The Labute approximate surface area is 175 Å². The van der Waals surface area contributed by atoms with E-state index in [0.29, 0.717) is 38.1 Å². The number of nitrogens with zero attached hydrogens (tertiary/aromatic N) is 2. The molecule has 2 rings (SSSR count). The van der Waals surface area contributed by atoms with Crippen LogP contribution in [0.1, 0.15) is 31.7 Å². The third kappa shape index (κ3) is 9.17. The van der Waals surface area contributed by atoms with Crippen molar-refractivity contribution in [3.05, 3.63) is 23.9 Å². The van der Waals surface area contributed by atoms with Crippen LogP contribution in [0.25, 0.3) is 0 Å². The normalized spacial score (nSPS) is 15.8. The van der Waals surface area contributed by atoms with Gasteiger partial charge in [0.1, 0.15) is 5.82 Å². The minimum atomic E-state index is -4.44. The van der Waals surface area contributed by atoms with Crippen molar-refractivity contribution in [2.45, 2.75) is 32.4 Å². The third-order valence-electron chi connectivity index (χ3n) is 4.58. The number of halogens is 3. The van der Waals surface area contributed by atoms with Gasteiger partial charge in [-0.3, -0.25) is 4.99 Å². The van der Waals surface area contributed by atoms with Gasteiger partial charge in [0.2, 0.25) is 0 Å². The molecule has 10 heteroatoms. The van der Waals surface area contributed by atoms with E-state index in [-0.39, 0.29) is 12.4 Å². The zero-order chi connectivity index (χ0) is 21.7. The summed E-state index contributed by atoms with van der Waals surface area (Å²) in [6, 6.07) is 2.29. The molecule has 1 aliphatic rings. The van der Waals surface area contributed by atoms with Crippen LogP contribution in [0.2, 0.25) is 0 Å². The number of guanidine groups is 1. The molecule has 1 fully saturated rings. The first-order valence-electron chi connectivity index (χ1n) is 10.4. The molecule has 0 bridgehead atoms. The molecule has 0 amide bonds. The minimum absolute atomic E-state index is 0.171. The monoisotopic (exact) mass is 431 g/mol. The Balaban J connectivity index is 1.65. The molecule has 0 atom stereocenters. The zero-order valence-electron chi connectivity index (χ0n) is 17.4. The van der Waals surface area contributed by atoms with Crippen LogP contribution in [0.3, 0.4) is 0 Å². The van der Waals surface area contributed by atoms with Crippen molar-refractivity contribution in [2.75, 3.05) is 57.9 Å². The molecule has 1 aromatic rings. The molecule has 7 nitrogen and oxygen atoms in total. The average Bonchev–Trinajstić information content (AvgIpc) is 2.74. The smallest absolute Gasteiger partial charge is 0.381 e. The molecular formula is C20H32F3N5O2. The second kappa shape index (κ2) is 13.3. The highest BCUT2D eigenvalue weighted by Crippen LogP contribution is 2.33. The fraction of sp³-hybridized carbons (Fsp3) is 0.700. The van der Waals surface area contributed by atoms with Crippen molar-refractivity contribution < 1.29 is 22.6 Å². The van der Waals surface area contributed by atoms with E-state index in [1.54, 1.807) is 0 Å². The van der Waals surface area contributed by atoms with E-state index in [4.69, 9.17) is 9.47 Å². The number of anilines is 1. The van der Waals surface area contributed by atoms with E-state index in [2.05, 4.69) is 25.9 Å². The first-order chi connectivity index (χ1) is 14.5. The van der Waals surface area contributed by atoms with Crippen molar-refractivity contribution in [3.8, 4) is 0 Å². The van der Waals surface area contributed by atoms with Crippen molar-refractivity contribution >= 4 is 11.8 Å². The van der Waals surface area contributed by atoms with Gasteiger partial charge >= 0.3 is 6.18 Å². The predicted molar refractivity (Wildman–Crippen MR) is 111 cm³/mol. The summed E-state index contributed by atoms with van der Waals surface area (Å²) >= 11 is 0. The second-order valence-corrected chi connectivity index (χ2v) is 7.00. The van der Waals surface area contributed by atoms with E-state index in [1.165, 1.54) is 12.3 Å². The largest absolute Gasteiger partial charge is 0.419 e. The first kappa shape index (κ1) is 24.2. The number of aliphatic imine (C=N–C) groups is 1. The van der Waals surface area contributed by atoms with Crippen LogP contribution in [0.4, 0.5) is 19.0 Å². The number of nitrogens with one attached hydrogen (secondary N) is 3. The zero-order valence-corrected chi connectivity index (χ0v) is 17.4. The van der Waals surface area contributed by atoms with Gasteiger partial charge in [0.15, 0.2) is 5.96 Å². The molecule has 2 heterocycles.